The summed E-state index contributed by atoms with van der Waals surface area (Å²) in [5, 5.41) is 4.89. The Bertz CT molecular complexity index is 862. The number of hydrogen-bond acceptors (Lipinski definition) is 5. The maximum atomic E-state index is 13.3. The molecular formula is C20H32N4O4S. The highest BCUT2D eigenvalue weighted by Crippen LogP contribution is 2.29. The molecule has 0 radical (unpaired) electrons. The van der Waals surface area contributed by atoms with Gasteiger partial charge in [0.25, 0.3) is 0 Å². The number of rotatable bonds is 5. The number of aryl methyl sites for hydroxylation is 2. The van der Waals surface area contributed by atoms with Gasteiger partial charge in [-0.1, -0.05) is 6.07 Å². The predicted molar refractivity (Wildman–Crippen MR) is 112 cm³/mol. The van der Waals surface area contributed by atoms with Crippen LogP contribution in [-0.4, -0.2) is 68.3 Å². The summed E-state index contributed by atoms with van der Waals surface area (Å²) in [6, 6.07) is 1.43. The van der Waals surface area contributed by atoms with Crippen molar-refractivity contribution in [1.29, 1.82) is 0 Å². The molecule has 1 aliphatic rings. The van der Waals surface area contributed by atoms with Gasteiger partial charge in [0.2, 0.25) is 15.9 Å². The summed E-state index contributed by atoms with van der Waals surface area (Å²) in [5.74, 6) is -0.402. The molecule has 1 aromatic carbocycles. The lowest BCUT2D eigenvalue weighted by Gasteiger charge is -2.34. The van der Waals surface area contributed by atoms with Crippen LogP contribution in [0.1, 0.15) is 36.1 Å². The molecule has 162 valence electrons. The maximum absolute atomic E-state index is 13.3. The van der Waals surface area contributed by atoms with Crippen LogP contribution in [0.4, 0.5) is 4.79 Å². The number of amides is 3. The van der Waals surface area contributed by atoms with Gasteiger partial charge in [0.05, 0.1) is 11.4 Å². The molecule has 2 N–H and O–H groups in total. The highest BCUT2D eigenvalue weighted by molar-refractivity contribution is 7.89. The summed E-state index contributed by atoms with van der Waals surface area (Å²) in [6.45, 7) is 12.7. The van der Waals surface area contributed by atoms with Gasteiger partial charge in [0.1, 0.15) is 0 Å². The fraction of sp³-hybridized carbons (Fsp3) is 0.600. The van der Waals surface area contributed by atoms with E-state index >= 15 is 0 Å². The van der Waals surface area contributed by atoms with E-state index in [9.17, 15) is 18.0 Å². The minimum atomic E-state index is -3.61. The van der Waals surface area contributed by atoms with Crippen LogP contribution in [-0.2, 0) is 14.8 Å². The first-order valence-electron chi connectivity index (χ1n) is 9.83. The Labute approximate surface area is 173 Å². The minimum absolute atomic E-state index is 0.0566. The van der Waals surface area contributed by atoms with Crippen molar-refractivity contribution >= 4 is 22.0 Å². The third-order valence-electron chi connectivity index (χ3n) is 5.27. The number of sulfonamides is 1. The van der Waals surface area contributed by atoms with E-state index in [1.807, 2.05) is 52.5 Å². The standard InChI is InChI=1S/C20H32N4O4S/c1-13(2)21-20(26)22-18(25)12-23-7-9-24(10-8-23)29(27,28)19-16(5)14(3)11-15(4)17(19)6/h11,13H,7-10,12H2,1-6H3,(H2,21,22,25,26). The number of hydrogen-bond donors (Lipinski definition) is 2. The number of urea groups is 1. The normalized spacial score (nSPS) is 16.1. The number of nitrogens with zero attached hydrogens (tertiary/aromatic N) is 2. The summed E-state index contributed by atoms with van der Waals surface area (Å²) >= 11 is 0. The van der Waals surface area contributed by atoms with Crippen LogP contribution in [0.2, 0.25) is 0 Å². The Morgan fingerprint density at radius 1 is 1.00 bits per heavy atom. The van der Waals surface area contributed by atoms with Crippen molar-refractivity contribution in [3.05, 3.63) is 28.3 Å². The van der Waals surface area contributed by atoms with Gasteiger partial charge in [-0.2, -0.15) is 4.31 Å². The van der Waals surface area contributed by atoms with Gasteiger partial charge in [-0.3, -0.25) is 15.0 Å². The lowest BCUT2D eigenvalue weighted by molar-refractivity contribution is -0.121. The van der Waals surface area contributed by atoms with Crippen molar-refractivity contribution in [2.45, 2.75) is 52.5 Å². The van der Waals surface area contributed by atoms with Crippen molar-refractivity contribution < 1.29 is 18.0 Å². The first kappa shape index (κ1) is 23.3. The van der Waals surface area contributed by atoms with E-state index in [0.717, 1.165) is 22.3 Å². The van der Waals surface area contributed by atoms with Crippen LogP contribution in [0.3, 0.4) is 0 Å². The summed E-state index contributed by atoms with van der Waals surface area (Å²) in [7, 11) is -3.61. The molecule has 1 aliphatic heterocycles. The van der Waals surface area contributed by atoms with E-state index in [-0.39, 0.29) is 12.6 Å². The topological polar surface area (TPSA) is 98.8 Å². The third kappa shape index (κ3) is 5.55. The Balaban J connectivity index is 2.02. The van der Waals surface area contributed by atoms with Crippen molar-refractivity contribution in [2.75, 3.05) is 32.7 Å². The summed E-state index contributed by atoms with van der Waals surface area (Å²) in [6.07, 6.45) is 0. The quantitative estimate of drug-likeness (QED) is 0.746. The van der Waals surface area contributed by atoms with Crippen LogP contribution >= 0.6 is 0 Å². The molecule has 1 aromatic rings. The number of carbonyl (C=O) groups excluding carboxylic acids is 2. The Hall–Kier alpha value is -1.97. The molecule has 0 spiro atoms. The van der Waals surface area contributed by atoms with Crippen LogP contribution in [0.15, 0.2) is 11.0 Å². The van der Waals surface area contributed by atoms with Gasteiger partial charge in [-0.05, 0) is 63.8 Å². The zero-order valence-electron chi connectivity index (χ0n) is 18.1. The average molecular weight is 425 g/mol. The van der Waals surface area contributed by atoms with Crippen molar-refractivity contribution in [1.82, 2.24) is 19.8 Å². The van der Waals surface area contributed by atoms with E-state index in [0.29, 0.717) is 31.1 Å². The number of benzene rings is 1. The Kier molecular flexibility index (Phi) is 7.42. The number of piperazine rings is 1. The van der Waals surface area contributed by atoms with Crippen LogP contribution in [0.5, 0.6) is 0 Å². The first-order valence-corrected chi connectivity index (χ1v) is 11.3. The zero-order chi connectivity index (χ0) is 21.9. The average Bonchev–Trinajstić information content (AvgIpc) is 2.59. The summed E-state index contributed by atoms with van der Waals surface area (Å²) in [5.41, 5.74) is 3.49. The van der Waals surface area contributed by atoms with Gasteiger partial charge < -0.3 is 5.32 Å². The number of carbonyl (C=O) groups is 2. The van der Waals surface area contributed by atoms with Gasteiger partial charge in [0, 0.05) is 32.2 Å². The van der Waals surface area contributed by atoms with E-state index in [2.05, 4.69) is 10.6 Å². The molecule has 8 nitrogen and oxygen atoms in total. The second-order valence-corrected chi connectivity index (χ2v) is 9.82. The molecule has 9 heteroatoms. The van der Waals surface area contributed by atoms with E-state index in [1.165, 1.54) is 4.31 Å². The second kappa shape index (κ2) is 9.23. The highest BCUT2D eigenvalue weighted by Gasteiger charge is 2.32. The molecule has 0 bridgehead atoms. The van der Waals surface area contributed by atoms with Crippen molar-refractivity contribution in [3.8, 4) is 0 Å². The van der Waals surface area contributed by atoms with Crippen molar-refractivity contribution in [2.24, 2.45) is 0 Å². The molecule has 0 aliphatic carbocycles. The third-order valence-corrected chi connectivity index (χ3v) is 7.44. The number of nitrogens with one attached hydrogen (secondary N) is 2. The van der Waals surface area contributed by atoms with Crippen LogP contribution < -0.4 is 10.6 Å². The maximum Gasteiger partial charge on any atom is 0.321 e. The molecule has 0 unspecified atom stereocenters. The largest absolute Gasteiger partial charge is 0.336 e. The molecule has 3 amide bonds. The van der Waals surface area contributed by atoms with Crippen molar-refractivity contribution in [3.63, 3.8) is 0 Å². The molecular weight excluding hydrogens is 392 g/mol. The van der Waals surface area contributed by atoms with Gasteiger partial charge in [-0.15, -0.1) is 0 Å². The lowest BCUT2D eigenvalue weighted by atomic mass is 10.0. The van der Waals surface area contributed by atoms with Crippen LogP contribution in [0.25, 0.3) is 0 Å². The predicted octanol–water partition coefficient (Wildman–Crippen LogP) is 1.46. The Morgan fingerprint density at radius 2 is 1.52 bits per heavy atom. The van der Waals surface area contributed by atoms with Gasteiger partial charge in [0.15, 0.2) is 0 Å². The first-order chi connectivity index (χ1) is 13.4. The highest BCUT2D eigenvalue weighted by atomic mass is 32.2. The molecule has 2 rings (SSSR count). The molecule has 1 saturated heterocycles. The lowest BCUT2D eigenvalue weighted by Crippen LogP contribution is -2.52. The molecule has 1 heterocycles. The molecule has 1 fully saturated rings. The molecule has 0 aromatic heterocycles. The number of imide groups is 1. The van der Waals surface area contributed by atoms with E-state index in [4.69, 9.17) is 0 Å². The molecule has 29 heavy (non-hydrogen) atoms. The summed E-state index contributed by atoms with van der Waals surface area (Å²) < 4.78 is 28.1. The summed E-state index contributed by atoms with van der Waals surface area (Å²) in [4.78, 5) is 25.9. The van der Waals surface area contributed by atoms with E-state index in [1.54, 1.807) is 0 Å². The molecule has 0 saturated carbocycles. The SMILES string of the molecule is Cc1cc(C)c(C)c(S(=O)(=O)N2CCN(CC(=O)NC(=O)NC(C)C)CC2)c1C. The minimum Gasteiger partial charge on any atom is -0.336 e. The van der Waals surface area contributed by atoms with Crippen LogP contribution in [0, 0.1) is 27.7 Å². The Morgan fingerprint density at radius 3 is 2.00 bits per heavy atom. The monoisotopic (exact) mass is 424 g/mol. The molecule has 0 atom stereocenters. The smallest absolute Gasteiger partial charge is 0.321 e. The second-order valence-electron chi connectivity index (χ2n) is 7.95. The fourth-order valence-electron chi connectivity index (χ4n) is 3.49. The van der Waals surface area contributed by atoms with Gasteiger partial charge >= 0.3 is 6.03 Å². The zero-order valence-corrected chi connectivity index (χ0v) is 18.9. The van der Waals surface area contributed by atoms with E-state index < -0.39 is 22.0 Å². The van der Waals surface area contributed by atoms with Gasteiger partial charge in [-0.25, -0.2) is 13.2 Å². The fourth-order valence-corrected chi connectivity index (χ4v) is 5.49.